The number of hydrogen-bond donors (Lipinski definition) is 0. The second-order valence-electron chi connectivity index (χ2n) is 7.19. The Morgan fingerprint density at radius 3 is 2.07 bits per heavy atom. The molecule has 0 aliphatic heterocycles. The van der Waals surface area contributed by atoms with Gasteiger partial charge in [-0.05, 0) is 24.1 Å². The lowest BCUT2D eigenvalue weighted by molar-refractivity contribution is 1.23. The summed E-state index contributed by atoms with van der Waals surface area (Å²) in [7, 11) is 0. The lowest BCUT2D eigenvalue weighted by Crippen LogP contribution is -1.96. The Kier molecular flexibility index (Phi) is 4.38. The van der Waals surface area contributed by atoms with Crippen LogP contribution >= 0.6 is 0 Å². The SMILES string of the molecule is Cc1cccc(-c2ccccc2-c2nc(-c3ccccc3)c3ccccc3n2)c1. The predicted molar refractivity (Wildman–Crippen MR) is 121 cm³/mol. The molecule has 0 N–H and O–H groups in total. The van der Waals surface area contributed by atoms with Crippen LogP contribution in [-0.4, -0.2) is 9.97 Å². The van der Waals surface area contributed by atoms with E-state index in [-0.39, 0.29) is 0 Å². The Morgan fingerprint density at radius 1 is 0.552 bits per heavy atom. The molecule has 2 nitrogen and oxygen atoms in total. The van der Waals surface area contributed by atoms with Crippen molar-refractivity contribution in [2.75, 3.05) is 0 Å². The second kappa shape index (κ2) is 7.33. The number of para-hydroxylation sites is 1. The van der Waals surface area contributed by atoms with Crippen molar-refractivity contribution in [3.05, 3.63) is 109 Å². The highest BCUT2D eigenvalue weighted by atomic mass is 14.9. The van der Waals surface area contributed by atoms with Crippen LogP contribution in [0.4, 0.5) is 0 Å². The molecule has 5 aromatic rings. The van der Waals surface area contributed by atoms with E-state index in [1.54, 1.807) is 0 Å². The van der Waals surface area contributed by atoms with Crippen LogP contribution in [0.5, 0.6) is 0 Å². The van der Waals surface area contributed by atoms with Crippen LogP contribution < -0.4 is 0 Å². The molecule has 0 amide bonds. The maximum atomic E-state index is 5.04. The quantitative estimate of drug-likeness (QED) is 0.343. The summed E-state index contributed by atoms with van der Waals surface area (Å²) in [5, 5.41) is 1.07. The minimum Gasteiger partial charge on any atom is -0.228 e. The molecule has 0 saturated carbocycles. The van der Waals surface area contributed by atoms with E-state index in [0.717, 1.165) is 39.1 Å². The Morgan fingerprint density at radius 2 is 1.24 bits per heavy atom. The van der Waals surface area contributed by atoms with Gasteiger partial charge in [-0.15, -0.1) is 0 Å². The lowest BCUT2D eigenvalue weighted by atomic mass is 9.97. The fraction of sp³-hybridized carbons (Fsp3) is 0.0370. The molecule has 0 fully saturated rings. The van der Waals surface area contributed by atoms with Gasteiger partial charge in [0.25, 0.3) is 0 Å². The molecule has 0 saturated heterocycles. The lowest BCUT2D eigenvalue weighted by Gasteiger charge is -2.13. The number of aromatic nitrogens is 2. The van der Waals surface area contributed by atoms with E-state index in [1.807, 2.05) is 30.3 Å². The Bertz CT molecular complexity index is 1310. The van der Waals surface area contributed by atoms with Crippen molar-refractivity contribution >= 4 is 10.9 Å². The van der Waals surface area contributed by atoms with Crippen molar-refractivity contribution < 1.29 is 0 Å². The molecule has 0 atom stereocenters. The Balaban J connectivity index is 1.78. The minimum atomic E-state index is 0.750. The molecule has 1 aromatic heterocycles. The van der Waals surface area contributed by atoms with Crippen molar-refractivity contribution in [2.45, 2.75) is 6.92 Å². The Hall–Kier alpha value is -3.78. The molecule has 4 aromatic carbocycles. The fourth-order valence-corrected chi connectivity index (χ4v) is 3.76. The molecule has 2 heteroatoms. The summed E-state index contributed by atoms with van der Waals surface area (Å²) in [5.74, 6) is 0.750. The first-order valence-corrected chi connectivity index (χ1v) is 9.78. The van der Waals surface area contributed by atoms with Crippen LogP contribution in [0.2, 0.25) is 0 Å². The number of hydrogen-bond acceptors (Lipinski definition) is 2. The standard InChI is InChI=1S/C27H20N2/c1-19-10-9-13-21(18-19)22-14-5-6-15-23(22)27-28-25-17-8-7-16-24(25)26(29-27)20-11-3-2-4-12-20/h2-18H,1H3. The summed E-state index contributed by atoms with van der Waals surface area (Å²) in [6, 6.07) is 35.5. The first-order chi connectivity index (χ1) is 14.3. The average Bonchev–Trinajstić information content (AvgIpc) is 2.79. The van der Waals surface area contributed by atoms with Crippen LogP contribution in [0, 0.1) is 6.92 Å². The van der Waals surface area contributed by atoms with E-state index >= 15 is 0 Å². The molecule has 0 aliphatic rings. The van der Waals surface area contributed by atoms with Crippen LogP contribution in [0.15, 0.2) is 103 Å². The zero-order valence-corrected chi connectivity index (χ0v) is 16.2. The number of rotatable bonds is 3. The molecule has 138 valence electrons. The van der Waals surface area contributed by atoms with Gasteiger partial charge in [-0.25, -0.2) is 9.97 Å². The summed E-state index contributed by atoms with van der Waals surface area (Å²) in [6.07, 6.45) is 0. The van der Waals surface area contributed by atoms with Gasteiger partial charge in [0.15, 0.2) is 5.82 Å². The topological polar surface area (TPSA) is 25.8 Å². The van der Waals surface area contributed by atoms with Crippen LogP contribution in [0.25, 0.3) is 44.7 Å². The van der Waals surface area contributed by atoms with E-state index in [1.165, 1.54) is 11.1 Å². The van der Waals surface area contributed by atoms with Gasteiger partial charge in [0, 0.05) is 16.5 Å². The molecule has 0 aliphatic carbocycles. The monoisotopic (exact) mass is 372 g/mol. The van der Waals surface area contributed by atoms with Gasteiger partial charge in [-0.1, -0.05) is 103 Å². The summed E-state index contributed by atoms with van der Waals surface area (Å²) in [5.41, 5.74) is 7.62. The molecular weight excluding hydrogens is 352 g/mol. The van der Waals surface area contributed by atoms with Gasteiger partial charge in [-0.3, -0.25) is 0 Å². The smallest absolute Gasteiger partial charge is 0.161 e. The zero-order chi connectivity index (χ0) is 19.6. The van der Waals surface area contributed by atoms with Crippen molar-refractivity contribution in [2.24, 2.45) is 0 Å². The van der Waals surface area contributed by atoms with Crippen LogP contribution in [0.3, 0.4) is 0 Å². The van der Waals surface area contributed by atoms with Gasteiger partial charge < -0.3 is 0 Å². The summed E-state index contributed by atoms with van der Waals surface area (Å²) in [4.78, 5) is 9.97. The van der Waals surface area contributed by atoms with Gasteiger partial charge in [0.1, 0.15) is 0 Å². The average molecular weight is 372 g/mol. The predicted octanol–water partition coefficient (Wildman–Crippen LogP) is 6.94. The summed E-state index contributed by atoms with van der Waals surface area (Å²) < 4.78 is 0. The highest BCUT2D eigenvalue weighted by Crippen LogP contribution is 2.34. The van der Waals surface area contributed by atoms with Crippen molar-refractivity contribution in [1.82, 2.24) is 9.97 Å². The van der Waals surface area contributed by atoms with Gasteiger partial charge in [0.2, 0.25) is 0 Å². The van der Waals surface area contributed by atoms with E-state index in [0.29, 0.717) is 0 Å². The van der Waals surface area contributed by atoms with Crippen LogP contribution in [0.1, 0.15) is 5.56 Å². The van der Waals surface area contributed by atoms with Gasteiger partial charge in [0.05, 0.1) is 11.2 Å². The molecule has 29 heavy (non-hydrogen) atoms. The number of benzene rings is 4. The third-order valence-electron chi connectivity index (χ3n) is 5.15. The molecule has 0 bridgehead atoms. The van der Waals surface area contributed by atoms with E-state index < -0.39 is 0 Å². The first-order valence-electron chi connectivity index (χ1n) is 9.78. The third kappa shape index (κ3) is 3.30. The number of nitrogens with zero attached hydrogens (tertiary/aromatic N) is 2. The minimum absolute atomic E-state index is 0.750. The van der Waals surface area contributed by atoms with Gasteiger partial charge >= 0.3 is 0 Å². The largest absolute Gasteiger partial charge is 0.228 e. The van der Waals surface area contributed by atoms with Gasteiger partial charge in [-0.2, -0.15) is 0 Å². The molecule has 0 unspecified atom stereocenters. The molecular formula is C27H20N2. The van der Waals surface area contributed by atoms with Crippen molar-refractivity contribution in [3.8, 4) is 33.8 Å². The summed E-state index contributed by atoms with van der Waals surface area (Å²) in [6.45, 7) is 2.12. The van der Waals surface area contributed by atoms with E-state index in [2.05, 4.69) is 79.7 Å². The van der Waals surface area contributed by atoms with Crippen molar-refractivity contribution in [1.29, 1.82) is 0 Å². The normalized spacial score (nSPS) is 10.9. The third-order valence-corrected chi connectivity index (χ3v) is 5.15. The number of aryl methyl sites for hydroxylation is 1. The summed E-state index contributed by atoms with van der Waals surface area (Å²) >= 11 is 0. The maximum Gasteiger partial charge on any atom is 0.161 e. The molecule has 0 radical (unpaired) electrons. The second-order valence-corrected chi connectivity index (χ2v) is 7.19. The fourth-order valence-electron chi connectivity index (χ4n) is 3.76. The van der Waals surface area contributed by atoms with E-state index in [4.69, 9.17) is 9.97 Å². The highest BCUT2D eigenvalue weighted by Gasteiger charge is 2.14. The molecule has 5 rings (SSSR count). The first kappa shape index (κ1) is 17.3. The maximum absolute atomic E-state index is 5.04. The van der Waals surface area contributed by atoms with Crippen molar-refractivity contribution in [3.63, 3.8) is 0 Å². The zero-order valence-electron chi connectivity index (χ0n) is 16.2. The molecule has 1 heterocycles. The number of fused-ring (bicyclic) bond motifs is 1. The van der Waals surface area contributed by atoms with Crippen LogP contribution in [-0.2, 0) is 0 Å². The molecule has 0 spiro atoms. The Labute approximate surface area is 170 Å². The highest BCUT2D eigenvalue weighted by molar-refractivity contribution is 5.94. The van der Waals surface area contributed by atoms with E-state index in [9.17, 15) is 0 Å².